The summed E-state index contributed by atoms with van der Waals surface area (Å²) in [7, 11) is 0. The third kappa shape index (κ3) is 3.84. The molecular weight excluding hydrogens is 282 g/mol. The van der Waals surface area contributed by atoms with Crippen molar-refractivity contribution in [3.05, 3.63) is 30.0 Å². The number of amides is 1. The Labute approximate surface area is 129 Å². The lowest BCUT2D eigenvalue weighted by molar-refractivity contribution is -0.120. The third-order valence-corrected chi connectivity index (χ3v) is 3.86. The Kier molecular flexibility index (Phi) is 5.03. The fourth-order valence-corrected chi connectivity index (χ4v) is 2.64. The van der Waals surface area contributed by atoms with Gasteiger partial charge in [0.05, 0.1) is 19.6 Å². The molecule has 0 unspecified atom stereocenters. The summed E-state index contributed by atoms with van der Waals surface area (Å²) in [5, 5.41) is 7.83. The highest BCUT2D eigenvalue weighted by Crippen LogP contribution is 2.17. The number of morpholine rings is 1. The van der Waals surface area contributed by atoms with Crippen molar-refractivity contribution < 1.29 is 14.1 Å². The molecule has 0 saturated carbocycles. The predicted octanol–water partition coefficient (Wildman–Crippen LogP) is 1.21. The lowest BCUT2D eigenvalue weighted by atomic mass is 10.1. The number of benzene rings is 1. The largest absolute Gasteiger partial charge is 0.379 e. The number of hydrogen-bond donors (Lipinski definition) is 1. The van der Waals surface area contributed by atoms with Crippen LogP contribution in [0.2, 0.25) is 0 Å². The van der Waals surface area contributed by atoms with E-state index in [9.17, 15) is 4.79 Å². The van der Waals surface area contributed by atoms with Crippen LogP contribution in [0.5, 0.6) is 0 Å². The van der Waals surface area contributed by atoms with Gasteiger partial charge in [-0.2, -0.15) is 0 Å². The fourth-order valence-electron chi connectivity index (χ4n) is 2.64. The number of hydrogen-bond acceptors (Lipinski definition) is 5. The molecule has 0 atom stereocenters. The summed E-state index contributed by atoms with van der Waals surface area (Å²) in [4.78, 5) is 14.3. The molecule has 0 radical (unpaired) electrons. The quantitative estimate of drug-likeness (QED) is 0.813. The molecule has 6 nitrogen and oxygen atoms in total. The topological polar surface area (TPSA) is 67.6 Å². The van der Waals surface area contributed by atoms with Gasteiger partial charge >= 0.3 is 0 Å². The number of para-hydroxylation sites is 1. The maximum Gasteiger partial charge on any atom is 0.226 e. The van der Waals surface area contributed by atoms with Crippen molar-refractivity contribution in [1.82, 2.24) is 15.4 Å². The third-order valence-electron chi connectivity index (χ3n) is 3.86. The molecule has 2 heterocycles. The van der Waals surface area contributed by atoms with E-state index in [-0.39, 0.29) is 12.3 Å². The van der Waals surface area contributed by atoms with Crippen molar-refractivity contribution in [2.24, 2.45) is 0 Å². The molecule has 6 heteroatoms. The highest BCUT2D eigenvalue weighted by molar-refractivity contribution is 5.86. The van der Waals surface area contributed by atoms with Crippen LogP contribution >= 0.6 is 0 Å². The van der Waals surface area contributed by atoms with Crippen molar-refractivity contribution in [3.8, 4) is 0 Å². The zero-order valence-corrected chi connectivity index (χ0v) is 12.6. The molecule has 1 N–H and O–H groups in total. The molecule has 1 aliphatic heterocycles. The van der Waals surface area contributed by atoms with Gasteiger partial charge < -0.3 is 14.6 Å². The molecule has 0 aliphatic carbocycles. The Bertz CT molecular complexity index is 620. The number of rotatable bonds is 6. The van der Waals surface area contributed by atoms with Crippen molar-refractivity contribution in [2.45, 2.75) is 12.8 Å². The highest BCUT2D eigenvalue weighted by atomic mass is 16.5. The van der Waals surface area contributed by atoms with Crippen LogP contribution in [0.15, 0.2) is 28.8 Å². The normalized spacial score (nSPS) is 16.0. The average Bonchev–Trinajstić information content (AvgIpc) is 2.96. The van der Waals surface area contributed by atoms with Gasteiger partial charge in [-0.25, -0.2) is 0 Å². The van der Waals surface area contributed by atoms with Crippen molar-refractivity contribution >= 4 is 16.9 Å². The van der Waals surface area contributed by atoms with Gasteiger partial charge in [0.2, 0.25) is 5.91 Å². The average molecular weight is 303 g/mol. The van der Waals surface area contributed by atoms with Crippen LogP contribution in [0.4, 0.5) is 0 Å². The van der Waals surface area contributed by atoms with Crippen LogP contribution in [-0.4, -0.2) is 55.4 Å². The summed E-state index contributed by atoms with van der Waals surface area (Å²) in [5.41, 5.74) is 1.42. The number of nitrogens with one attached hydrogen (secondary N) is 1. The number of fused-ring (bicyclic) bond motifs is 1. The summed E-state index contributed by atoms with van der Waals surface area (Å²) in [6.07, 6.45) is 1.21. The van der Waals surface area contributed by atoms with Crippen LogP contribution in [0.3, 0.4) is 0 Å². The maximum absolute atomic E-state index is 12.0. The Morgan fingerprint density at radius 2 is 2.09 bits per heavy atom. The standard InChI is InChI=1S/C16H21N3O3/c20-16(17-6-3-7-19-8-10-21-11-9-19)12-14-13-4-1-2-5-15(13)22-18-14/h1-2,4-5H,3,6-12H2,(H,17,20). The molecule has 1 aromatic carbocycles. The number of aromatic nitrogens is 1. The highest BCUT2D eigenvalue weighted by Gasteiger charge is 2.12. The van der Waals surface area contributed by atoms with Crippen LogP contribution in [-0.2, 0) is 16.0 Å². The first kappa shape index (κ1) is 15.0. The van der Waals surface area contributed by atoms with Gasteiger partial charge in [-0.3, -0.25) is 9.69 Å². The van der Waals surface area contributed by atoms with Crippen molar-refractivity contribution in [1.29, 1.82) is 0 Å². The molecule has 1 fully saturated rings. The van der Waals surface area contributed by atoms with Gasteiger partial charge in [0.25, 0.3) is 0 Å². The van der Waals surface area contributed by atoms with Crippen LogP contribution < -0.4 is 5.32 Å². The molecule has 22 heavy (non-hydrogen) atoms. The lowest BCUT2D eigenvalue weighted by Crippen LogP contribution is -2.38. The van der Waals surface area contributed by atoms with E-state index >= 15 is 0 Å². The van der Waals surface area contributed by atoms with Gasteiger partial charge in [0.15, 0.2) is 5.58 Å². The zero-order chi connectivity index (χ0) is 15.2. The van der Waals surface area contributed by atoms with Crippen molar-refractivity contribution in [2.75, 3.05) is 39.4 Å². The molecule has 118 valence electrons. The number of carbonyl (C=O) groups is 1. The SMILES string of the molecule is O=C(Cc1noc2ccccc12)NCCCN1CCOCC1. The first-order valence-electron chi connectivity index (χ1n) is 7.73. The van der Waals surface area contributed by atoms with E-state index < -0.39 is 0 Å². The number of nitrogens with zero attached hydrogens (tertiary/aromatic N) is 2. The van der Waals surface area contributed by atoms with Crippen LogP contribution in [0, 0.1) is 0 Å². The summed E-state index contributed by atoms with van der Waals surface area (Å²) < 4.78 is 10.5. The molecule has 1 amide bonds. The molecule has 0 bridgehead atoms. The minimum Gasteiger partial charge on any atom is -0.379 e. The Balaban J connectivity index is 1.41. The van der Waals surface area contributed by atoms with Gasteiger partial charge in [0.1, 0.15) is 5.69 Å². The fraction of sp³-hybridized carbons (Fsp3) is 0.500. The van der Waals surface area contributed by atoms with E-state index in [0.717, 1.165) is 50.2 Å². The Morgan fingerprint density at radius 3 is 2.95 bits per heavy atom. The summed E-state index contributed by atoms with van der Waals surface area (Å²) >= 11 is 0. The first-order chi connectivity index (χ1) is 10.8. The predicted molar refractivity (Wildman–Crippen MR) is 82.6 cm³/mol. The lowest BCUT2D eigenvalue weighted by Gasteiger charge is -2.26. The Hall–Kier alpha value is -1.92. The molecule has 1 aromatic heterocycles. The summed E-state index contributed by atoms with van der Waals surface area (Å²) in [5.74, 6) is -0.0129. The molecule has 0 spiro atoms. The monoisotopic (exact) mass is 303 g/mol. The maximum atomic E-state index is 12.0. The second-order valence-corrected chi connectivity index (χ2v) is 5.46. The number of carbonyl (C=O) groups excluding carboxylic acids is 1. The van der Waals surface area contributed by atoms with Crippen molar-refractivity contribution in [3.63, 3.8) is 0 Å². The number of ether oxygens (including phenoxy) is 1. The van der Waals surface area contributed by atoms with E-state index in [2.05, 4.69) is 15.4 Å². The van der Waals surface area contributed by atoms with Gasteiger partial charge in [-0.05, 0) is 25.1 Å². The second kappa shape index (κ2) is 7.38. The minimum atomic E-state index is -0.0129. The second-order valence-electron chi connectivity index (χ2n) is 5.46. The smallest absolute Gasteiger partial charge is 0.226 e. The molecule has 1 saturated heterocycles. The van der Waals surface area contributed by atoms with E-state index in [1.165, 1.54) is 0 Å². The van der Waals surface area contributed by atoms with E-state index in [4.69, 9.17) is 9.26 Å². The van der Waals surface area contributed by atoms with Gasteiger partial charge in [-0.1, -0.05) is 17.3 Å². The molecule has 3 rings (SSSR count). The van der Waals surface area contributed by atoms with Crippen LogP contribution in [0.1, 0.15) is 12.1 Å². The van der Waals surface area contributed by atoms with Gasteiger partial charge in [-0.15, -0.1) is 0 Å². The van der Waals surface area contributed by atoms with Gasteiger partial charge in [0, 0.05) is 25.0 Å². The summed E-state index contributed by atoms with van der Waals surface area (Å²) in [6, 6.07) is 7.59. The first-order valence-corrected chi connectivity index (χ1v) is 7.73. The van der Waals surface area contributed by atoms with E-state index in [0.29, 0.717) is 12.2 Å². The van der Waals surface area contributed by atoms with E-state index in [1.807, 2.05) is 24.3 Å². The molecular formula is C16H21N3O3. The summed E-state index contributed by atoms with van der Waals surface area (Å²) in [6.45, 7) is 5.28. The van der Waals surface area contributed by atoms with E-state index in [1.54, 1.807) is 0 Å². The molecule has 2 aromatic rings. The zero-order valence-electron chi connectivity index (χ0n) is 12.6. The van der Waals surface area contributed by atoms with Crippen LogP contribution in [0.25, 0.3) is 11.0 Å². The molecule has 1 aliphatic rings. The Morgan fingerprint density at radius 1 is 1.27 bits per heavy atom. The minimum absolute atomic E-state index is 0.0129.